The van der Waals surface area contributed by atoms with E-state index < -0.39 is 32.9 Å². The van der Waals surface area contributed by atoms with Crippen molar-refractivity contribution in [3.63, 3.8) is 0 Å². The Bertz CT molecular complexity index is 1210. The summed E-state index contributed by atoms with van der Waals surface area (Å²) in [5.41, 5.74) is -3.11. The largest absolute Gasteiger partial charge is 0.416 e. The van der Waals surface area contributed by atoms with E-state index >= 15 is 0 Å². The Hall–Kier alpha value is -4.04. The van der Waals surface area contributed by atoms with Gasteiger partial charge in [-0.2, -0.15) is 28.4 Å². The highest BCUT2D eigenvalue weighted by molar-refractivity contribution is 7.12. The van der Waals surface area contributed by atoms with Gasteiger partial charge in [-0.1, -0.05) is 0 Å². The Labute approximate surface area is 155 Å². The lowest BCUT2D eigenvalue weighted by molar-refractivity contribution is -0.384. The molecule has 140 valence electrons. The quantitative estimate of drug-likeness (QED) is 0.516. The number of hydrogen-bond acceptors (Lipinski definition) is 8. The molecular formula is C14H4F3N7O3S. The molecule has 3 aromatic rings. The van der Waals surface area contributed by atoms with E-state index in [9.17, 15) is 28.1 Å². The second-order valence-electron chi connectivity index (χ2n) is 5.08. The first-order valence-electron chi connectivity index (χ1n) is 7.02. The first-order valence-corrected chi connectivity index (χ1v) is 7.84. The van der Waals surface area contributed by atoms with Crippen molar-refractivity contribution < 1.29 is 18.1 Å². The van der Waals surface area contributed by atoms with Crippen LogP contribution in [0.15, 0.2) is 23.0 Å². The van der Waals surface area contributed by atoms with Crippen LogP contribution >= 0.6 is 11.3 Å². The SMILES string of the molecule is N#Cc1nc(-c2nn(-c3ccc(C(F)(F)F)cc3[N+](=O)[O-])c(=O)s2)[nH]c1C#N. The number of imidazole rings is 1. The second kappa shape index (κ2) is 6.60. The van der Waals surface area contributed by atoms with Crippen molar-refractivity contribution in [2.75, 3.05) is 0 Å². The molecule has 0 unspecified atom stereocenters. The van der Waals surface area contributed by atoms with E-state index in [1.165, 1.54) is 0 Å². The number of benzene rings is 1. The fraction of sp³-hybridized carbons (Fsp3) is 0.0714. The lowest BCUT2D eigenvalue weighted by atomic mass is 10.1. The number of nitro benzene ring substituents is 1. The maximum absolute atomic E-state index is 12.8. The van der Waals surface area contributed by atoms with Gasteiger partial charge in [-0.05, 0) is 23.5 Å². The minimum atomic E-state index is -4.81. The minimum absolute atomic E-state index is 0.108. The average Bonchev–Trinajstić information content (AvgIpc) is 3.23. The number of nitrogens with zero attached hydrogens (tertiary/aromatic N) is 6. The highest BCUT2D eigenvalue weighted by atomic mass is 32.1. The molecule has 14 heteroatoms. The highest BCUT2D eigenvalue weighted by Crippen LogP contribution is 2.34. The number of alkyl halides is 3. The number of aromatic amines is 1. The number of nitriles is 2. The molecule has 0 aliphatic carbocycles. The Morgan fingerprint density at radius 2 is 2.00 bits per heavy atom. The molecule has 2 aromatic heterocycles. The van der Waals surface area contributed by atoms with Crippen LogP contribution in [-0.4, -0.2) is 24.7 Å². The van der Waals surface area contributed by atoms with Crippen LogP contribution in [0.3, 0.4) is 0 Å². The van der Waals surface area contributed by atoms with Crippen LogP contribution < -0.4 is 4.87 Å². The molecule has 0 aliphatic rings. The van der Waals surface area contributed by atoms with E-state index in [-0.39, 0.29) is 22.2 Å². The number of hydrogen-bond donors (Lipinski definition) is 1. The molecule has 0 radical (unpaired) electrons. The van der Waals surface area contributed by atoms with Crippen LogP contribution in [0.25, 0.3) is 16.5 Å². The van der Waals surface area contributed by atoms with Crippen LogP contribution in [0, 0.1) is 32.8 Å². The molecular weight excluding hydrogens is 403 g/mol. The number of H-pyrrole nitrogens is 1. The first kappa shape index (κ1) is 18.7. The van der Waals surface area contributed by atoms with Crippen LogP contribution in [0.4, 0.5) is 18.9 Å². The third kappa shape index (κ3) is 3.19. The average molecular weight is 407 g/mol. The predicted octanol–water partition coefficient (Wildman–Crippen LogP) is 2.35. The summed E-state index contributed by atoms with van der Waals surface area (Å²) < 4.78 is 39.0. The summed E-state index contributed by atoms with van der Waals surface area (Å²) in [5, 5.41) is 32.7. The van der Waals surface area contributed by atoms with E-state index in [2.05, 4.69) is 15.1 Å². The number of halogens is 3. The predicted molar refractivity (Wildman–Crippen MR) is 86.4 cm³/mol. The molecule has 0 fully saturated rings. The first-order chi connectivity index (χ1) is 13.2. The van der Waals surface area contributed by atoms with Gasteiger partial charge in [0.2, 0.25) is 0 Å². The minimum Gasteiger partial charge on any atom is -0.327 e. The molecule has 1 N–H and O–H groups in total. The van der Waals surface area contributed by atoms with Gasteiger partial charge in [0, 0.05) is 6.07 Å². The summed E-state index contributed by atoms with van der Waals surface area (Å²) in [7, 11) is 0. The van der Waals surface area contributed by atoms with Crippen molar-refractivity contribution in [3.05, 3.63) is 54.9 Å². The summed E-state index contributed by atoms with van der Waals surface area (Å²) in [4.78, 5) is 27.8. The molecule has 0 aliphatic heterocycles. The Morgan fingerprint density at radius 3 is 2.54 bits per heavy atom. The Balaban J connectivity index is 2.16. The summed E-state index contributed by atoms with van der Waals surface area (Å²) in [6.07, 6.45) is -4.81. The molecule has 28 heavy (non-hydrogen) atoms. The molecule has 0 amide bonds. The van der Waals surface area contributed by atoms with Crippen LogP contribution in [0.1, 0.15) is 17.0 Å². The molecule has 10 nitrogen and oxygen atoms in total. The van der Waals surface area contributed by atoms with Gasteiger partial charge in [0.15, 0.2) is 22.2 Å². The van der Waals surface area contributed by atoms with Gasteiger partial charge in [-0.3, -0.25) is 14.9 Å². The molecule has 2 heterocycles. The molecule has 0 saturated heterocycles. The topological polar surface area (TPSA) is 154 Å². The third-order valence-corrected chi connectivity index (χ3v) is 4.22. The van der Waals surface area contributed by atoms with Crippen LogP contribution in [-0.2, 0) is 6.18 Å². The number of nitrogens with one attached hydrogen (secondary N) is 1. The lowest BCUT2D eigenvalue weighted by Gasteiger charge is -2.08. The fourth-order valence-corrected chi connectivity index (χ4v) is 2.89. The van der Waals surface area contributed by atoms with E-state index in [0.29, 0.717) is 28.2 Å². The maximum Gasteiger partial charge on any atom is 0.416 e. The molecule has 0 saturated carbocycles. The summed E-state index contributed by atoms with van der Waals surface area (Å²) in [6, 6.07) is 5.00. The summed E-state index contributed by atoms with van der Waals surface area (Å²) >= 11 is 0.474. The molecule has 0 spiro atoms. The van der Waals surface area contributed by atoms with E-state index in [4.69, 9.17) is 10.5 Å². The molecule has 0 bridgehead atoms. The number of rotatable bonds is 3. The lowest BCUT2D eigenvalue weighted by Crippen LogP contribution is -2.15. The van der Waals surface area contributed by atoms with E-state index in [1.807, 2.05) is 0 Å². The zero-order valence-corrected chi connectivity index (χ0v) is 14.0. The fourth-order valence-electron chi connectivity index (χ4n) is 2.19. The maximum atomic E-state index is 12.8. The van der Waals surface area contributed by atoms with Crippen molar-refractivity contribution >= 4 is 17.0 Å². The Morgan fingerprint density at radius 1 is 1.29 bits per heavy atom. The third-order valence-electron chi connectivity index (χ3n) is 3.40. The highest BCUT2D eigenvalue weighted by Gasteiger charge is 2.34. The molecule has 1 aromatic carbocycles. The van der Waals surface area contributed by atoms with Crippen LogP contribution in [0.2, 0.25) is 0 Å². The molecule has 3 rings (SSSR count). The van der Waals surface area contributed by atoms with Gasteiger partial charge in [-0.25, -0.2) is 4.98 Å². The van der Waals surface area contributed by atoms with Gasteiger partial charge < -0.3 is 4.98 Å². The van der Waals surface area contributed by atoms with Gasteiger partial charge in [0.05, 0.1) is 10.5 Å². The summed E-state index contributed by atoms with van der Waals surface area (Å²) in [5.74, 6) is -0.108. The van der Waals surface area contributed by atoms with Crippen molar-refractivity contribution in [2.45, 2.75) is 6.18 Å². The second-order valence-corrected chi connectivity index (χ2v) is 6.02. The van der Waals surface area contributed by atoms with Crippen molar-refractivity contribution in [3.8, 4) is 28.7 Å². The van der Waals surface area contributed by atoms with Gasteiger partial charge in [0.1, 0.15) is 17.8 Å². The number of aromatic nitrogens is 4. The monoisotopic (exact) mass is 407 g/mol. The van der Waals surface area contributed by atoms with Crippen molar-refractivity contribution in [1.29, 1.82) is 10.5 Å². The van der Waals surface area contributed by atoms with E-state index in [0.717, 1.165) is 6.07 Å². The van der Waals surface area contributed by atoms with E-state index in [1.54, 1.807) is 12.1 Å². The van der Waals surface area contributed by atoms with Gasteiger partial charge in [0.25, 0.3) is 5.69 Å². The van der Waals surface area contributed by atoms with Crippen molar-refractivity contribution in [1.82, 2.24) is 19.7 Å². The van der Waals surface area contributed by atoms with Gasteiger partial charge in [-0.15, -0.1) is 5.10 Å². The summed E-state index contributed by atoms with van der Waals surface area (Å²) in [6.45, 7) is 0. The normalized spacial score (nSPS) is 11.0. The van der Waals surface area contributed by atoms with Crippen molar-refractivity contribution in [2.24, 2.45) is 0 Å². The van der Waals surface area contributed by atoms with Gasteiger partial charge >= 0.3 is 11.0 Å². The smallest absolute Gasteiger partial charge is 0.327 e. The standard InChI is InChI=1S/C14H4F3N7O3S/c15-14(16,17)6-1-2-9(10(3-6)24(26)27)23-13(25)28-12(22-23)11-20-7(4-18)8(5-19)21-11/h1-3H,(H,20,21). The van der Waals surface area contributed by atoms with Crippen LogP contribution in [0.5, 0.6) is 0 Å². The Kier molecular flexibility index (Phi) is 4.42. The zero-order valence-electron chi connectivity index (χ0n) is 13.2. The molecule has 0 atom stereocenters. The number of nitro groups is 1. The zero-order chi connectivity index (χ0) is 20.6.